The molecule has 26 heavy (non-hydrogen) atoms. The van der Waals surface area contributed by atoms with E-state index in [0.717, 1.165) is 11.3 Å². The lowest BCUT2D eigenvalue weighted by Gasteiger charge is -2.18. The molecule has 3 aliphatic rings. The number of benzene rings is 1. The fraction of sp³-hybridized carbons (Fsp3) is 0.368. The van der Waals surface area contributed by atoms with Gasteiger partial charge in [0.2, 0.25) is 11.8 Å². The maximum Gasteiger partial charge on any atom is 0.337 e. The Kier molecular flexibility index (Phi) is 3.68. The lowest BCUT2D eigenvalue weighted by molar-refractivity contribution is -0.123. The normalized spacial score (nSPS) is 28.5. The van der Waals surface area contributed by atoms with Crippen molar-refractivity contribution in [3.8, 4) is 0 Å². The van der Waals surface area contributed by atoms with Gasteiger partial charge >= 0.3 is 11.9 Å². The molecule has 1 aromatic carbocycles. The summed E-state index contributed by atoms with van der Waals surface area (Å²) in [4.78, 5) is 50.8. The highest BCUT2D eigenvalue weighted by Gasteiger charge is 2.59. The molecule has 0 spiro atoms. The van der Waals surface area contributed by atoms with E-state index in [9.17, 15) is 19.2 Å². The van der Waals surface area contributed by atoms with Gasteiger partial charge < -0.3 is 9.47 Å². The second kappa shape index (κ2) is 5.79. The number of esters is 2. The largest absolute Gasteiger partial charge is 0.465 e. The lowest BCUT2D eigenvalue weighted by Crippen LogP contribution is -2.33. The summed E-state index contributed by atoms with van der Waals surface area (Å²) in [6.07, 6.45) is 4.84. The Morgan fingerprint density at radius 2 is 1.35 bits per heavy atom. The molecule has 134 valence electrons. The van der Waals surface area contributed by atoms with Crippen molar-refractivity contribution < 1.29 is 28.7 Å². The second-order valence-corrected chi connectivity index (χ2v) is 6.76. The lowest BCUT2D eigenvalue weighted by atomic mass is 9.85. The van der Waals surface area contributed by atoms with Gasteiger partial charge in [-0.05, 0) is 36.5 Å². The van der Waals surface area contributed by atoms with Crippen molar-refractivity contribution in [2.45, 2.75) is 6.42 Å². The molecule has 2 bridgehead atoms. The van der Waals surface area contributed by atoms with E-state index in [-0.39, 0.29) is 52.3 Å². The van der Waals surface area contributed by atoms with Crippen molar-refractivity contribution in [3.63, 3.8) is 0 Å². The van der Waals surface area contributed by atoms with Crippen LogP contribution in [0.15, 0.2) is 30.4 Å². The van der Waals surface area contributed by atoms with Crippen LogP contribution in [0.4, 0.5) is 5.69 Å². The molecule has 1 saturated carbocycles. The first kappa shape index (κ1) is 16.5. The van der Waals surface area contributed by atoms with Crippen LogP contribution in [-0.2, 0) is 19.1 Å². The minimum atomic E-state index is -0.668. The van der Waals surface area contributed by atoms with Gasteiger partial charge in [0.1, 0.15) is 0 Å². The average Bonchev–Trinajstić information content (AvgIpc) is 3.33. The first-order chi connectivity index (χ1) is 12.5. The molecule has 4 atom stereocenters. The fourth-order valence-electron chi connectivity index (χ4n) is 4.37. The standard InChI is InChI=1S/C19H17NO6/c1-25-18(23)11-6-12(19(24)26-2)8-13(7-11)20-16(21)14-9-3-4-10(5-9)15(14)17(20)22/h3-4,6-10,14-15H,5H2,1-2H3/t9-,10+,14?,15?. The number of carbonyl (C=O) groups excluding carboxylic acids is 4. The zero-order valence-electron chi connectivity index (χ0n) is 14.3. The van der Waals surface area contributed by atoms with Crippen LogP contribution in [-0.4, -0.2) is 38.0 Å². The maximum atomic E-state index is 12.9. The van der Waals surface area contributed by atoms with Gasteiger partial charge in [0.15, 0.2) is 0 Å². The van der Waals surface area contributed by atoms with E-state index >= 15 is 0 Å². The van der Waals surface area contributed by atoms with Crippen molar-refractivity contribution in [2.75, 3.05) is 19.1 Å². The summed E-state index contributed by atoms with van der Waals surface area (Å²) in [6.45, 7) is 0. The number of ether oxygens (including phenoxy) is 2. The van der Waals surface area contributed by atoms with E-state index in [4.69, 9.17) is 9.47 Å². The summed E-state index contributed by atoms with van der Waals surface area (Å²) >= 11 is 0. The Hall–Kier alpha value is -2.96. The molecular weight excluding hydrogens is 338 g/mol. The third kappa shape index (κ3) is 2.20. The van der Waals surface area contributed by atoms with Crippen LogP contribution in [0.25, 0.3) is 0 Å². The minimum absolute atomic E-state index is 0.0733. The van der Waals surface area contributed by atoms with Gasteiger partial charge in [0.25, 0.3) is 0 Å². The molecule has 1 aliphatic heterocycles. The van der Waals surface area contributed by atoms with Crippen molar-refractivity contribution in [3.05, 3.63) is 41.5 Å². The Labute approximate surface area is 149 Å². The molecule has 0 radical (unpaired) electrons. The Bertz CT molecular complexity index is 809. The zero-order chi connectivity index (χ0) is 18.6. The molecule has 4 rings (SSSR count). The van der Waals surface area contributed by atoms with Crippen LogP contribution in [0, 0.1) is 23.7 Å². The van der Waals surface area contributed by atoms with Gasteiger partial charge in [-0.25, -0.2) is 14.5 Å². The number of carbonyl (C=O) groups is 4. The van der Waals surface area contributed by atoms with Gasteiger partial charge in [-0.15, -0.1) is 0 Å². The molecule has 2 fully saturated rings. The molecular formula is C19H17NO6. The minimum Gasteiger partial charge on any atom is -0.465 e. The van der Waals surface area contributed by atoms with Crippen LogP contribution in [0.3, 0.4) is 0 Å². The summed E-state index contributed by atoms with van der Waals surface area (Å²) in [5, 5.41) is 0. The van der Waals surface area contributed by atoms with Crippen molar-refractivity contribution in [2.24, 2.45) is 23.7 Å². The van der Waals surface area contributed by atoms with E-state index in [2.05, 4.69) is 0 Å². The maximum absolute atomic E-state index is 12.9. The SMILES string of the molecule is COC(=O)c1cc(C(=O)OC)cc(N2C(=O)C3C(C2=O)[C@H]2C=C[C@@H]3C2)c1. The average molecular weight is 355 g/mol. The van der Waals surface area contributed by atoms with Crippen LogP contribution >= 0.6 is 0 Å². The third-order valence-corrected chi connectivity index (χ3v) is 5.49. The highest BCUT2D eigenvalue weighted by Crippen LogP contribution is 2.53. The zero-order valence-corrected chi connectivity index (χ0v) is 14.3. The molecule has 1 aromatic rings. The highest BCUT2D eigenvalue weighted by molar-refractivity contribution is 6.23. The summed E-state index contributed by atoms with van der Waals surface area (Å²) < 4.78 is 9.41. The summed E-state index contributed by atoms with van der Waals surface area (Å²) in [5.74, 6) is -2.47. The smallest absolute Gasteiger partial charge is 0.337 e. The van der Waals surface area contributed by atoms with Crippen molar-refractivity contribution >= 4 is 29.4 Å². The molecule has 1 heterocycles. The molecule has 7 nitrogen and oxygen atoms in total. The van der Waals surface area contributed by atoms with Gasteiger partial charge in [0.05, 0.1) is 42.9 Å². The number of anilines is 1. The quantitative estimate of drug-likeness (QED) is 0.464. The van der Waals surface area contributed by atoms with Gasteiger partial charge in [-0.2, -0.15) is 0 Å². The van der Waals surface area contributed by atoms with Gasteiger partial charge in [0, 0.05) is 0 Å². The van der Waals surface area contributed by atoms with E-state index in [0.29, 0.717) is 0 Å². The Morgan fingerprint density at radius 3 is 1.77 bits per heavy atom. The molecule has 1 saturated heterocycles. The number of hydrogen-bond acceptors (Lipinski definition) is 6. The number of imide groups is 1. The van der Waals surface area contributed by atoms with E-state index in [1.807, 2.05) is 12.2 Å². The van der Waals surface area contributed by atoms with E-state index in [1.54, 1.807) is 0 Å². The van der Waals surface area contributed by atoms with E-state index < -0.39 is 11.9 Å². The number of methoxy groups -OCH3 is 2. The van der Waals surface area contributed by atoms with Crippen LogP contribution in [0.2, 0.25) is 0 Å². The molecule has 0 N–H and O–H groups in total. The molecule has 2 amide bonds. The topological polar surface area (TPSA) is 90.0 Å². The van der Waals surface area contributed by atoms with Crippen molar-refractivity contribution in [1.29, 1.82) is 0 Å². The molecule has 7 heteroatoms. The second-order valence-electron chi connectivity index (χ2n) is 6.76. The van der Waals surface area contributed by atoms with Crippen molar-refractivity contribution in [1.82, 2.24) is 0 Å². The number of allylic oxidation sites excluding steroid dienone is 2. The number of rotatable bonds is 3. The van der Waals surface area contributed by atoms with Gasteiger partial charge in [-0.1, -0.05) is 12.2 Å². The monoisotopic (exact) mass is 355 g/mol. The molecule has 2 aliphatic carbocycles. The highest BCUT2D eigenvalue weighted by atomic mass is 16.5. The third-order valence-electron chi connectivity index (χ3n) is 5.49. The summed E-state index contributed by atoms with van der Waals surface area (Å²) in [7, 11) is 2.43. The Morgan fingerprint density at radius 1 is 0.885 bits per heavy atom. The number of amides is 2. The first-order valence-electron chi connectivity index (χ1n) is 8.34. The predicted octanol–water partition coefficient (Wildman–Crippen LogP) is 1.57. The summed E-state index contributed by atoms with van der Waals surface area (Å²) in [6, 6.07) is 4.10. The van der Waals surface area contributed by atoms with Crippen LogP contribution < -0.4 is 4.90 Å². The summed E-state index contributed by atoms with van der Waals surface area (Å²) in [5.41, 5.74) is 0.338. The molecule has 0 aromatic heterocycles. The Balaban J connectivity index is 1.78. The van der Waals surface area contributed by atoms with E-state index in [1.165, 1.54) is 32.4 Å². The fourth-order valence-corrected chi connectivity index (χ4v) is 4.37. The number of hydrogen-bond donors (Lipinski definition) is 0. The predicted molar refractivity (Wildman–Crippen MR) is 89.3 cm³/mol. The number of nitrogens with zero attached hydrogens (tertiary/aromatic N) is 1. The number of fused-ring (bicyclic) bond motifs is 5. The van der Waals surface area contributed by atoms with Crippen LogP contribution in [0.1, 0.15) is 27.1 Å². The van der Waals surface area contributed by atoms with Gasteiger partial charge in [-0.3, -0.25) is 9.59 Å². The first-order valence-corrected chi connectivity index (χ1v) is 8.34. The van der Waals surface area contributed by atoms with Crippen LogP contribution in [0.5, 0.6) is 0 Å². The molecule has 2 unspecified atom stereocenters.